The molecule has 4 nitrogen and oxygen atoms in total. The van der Waals surface area contributed by atoms with E-state index >= 15 is 0 Å². The van der Waals surface area contributed by atoms with Crippen molar-refractivity contribution in [2.75, 3.05) is 13.1 Å². The molecule has 2 heterocycles. The van der Waals surface area contributed by atoms with Crippen LogP contribution in [0.1, 0.15) is 44.2 Å². The first-order valence-electron chi connectivity index (χ1n) is 7.11. The average Bonchev–Trinajstić information content (AvgIpc) is 2.89. The van der Waals surface area contributed by atoms with Gasteiger partial charge in [0.05, 0.1) is 12.2 Å². The van der Waals surface area contributed by atoms with Gasteiger partial charge in [-0.05, 0) is 38.4 Å². The van der Waals surface area contributed by atoms with Gasteiger partial charge in [0.2, 0.25) is 0 Å². The van der Waals surface area contributed by atoms with E-state index in [1.54, 1.807) is 0 Å². The lowest BCUT2D eigenvalue weighted by atomic mass is 10.1. The molecule has 0 aliphatic carbocycles. The molecule has 0 amide bonds. The highest BCUT2D eigenvalue weighted by Crippen LogP contribution is 2.20. The number of hydrogen-bond donors (Lipinski definition) is 2. The topological polar surface area (TPSA) is 55.9 Å². The Balaban J connectivity index is 2.05. The van der Waals surface area contributed by atoms with Crippen LogP contribution >= 0.6 is 0 Å². The lowest BCUT2D eigenvalue weighted by Crippen LogP contribution is -2.29. The highest BCUT2D eigenvalue weighted by molar-refractivity contribution is 5.64. The Morgan fingerprint density at radius 2 is 2.32 bits per heavy atom. The molecular weight excluding hydrogens is 236 g/mol. The molecule has 104 valence electrons. The summed E-state index contributed by atoms with van der Waals surface area (Å²) in [6, 6.07) is 0.502. The van der Waals surface area contributed by atoms with Crippen LogP contribution in [0.25, 0.3) is 5.70 Å². The summed E-state index contributed by atoms with van der Waals surface area (Å²) < 4.78 is 2.06. The highest BCUT2D eigenvalue weighted by atomic mass is 15.3. The van der Waals surface area contributed by atoms with Gasteiger partial charge in [0.25, 0.3) is 0 Å². The fourth-order valence-electron chi connectivity index (χ4n) is 2.45. The van der Waals surface area contributed by atoms with Crippen molar-refractivity contribution in [2.45, 2.75) is 38.6 Å². The number of hydrogen-bond acceptors (Lipinski definition) is 3. The van der Waals surface area contributed by atoms with Crippen molar-refractivity contribution in [3.05, 3.63) is 36.2 Å². The molecule has 1 aromatic rings. The lowest BCUT2D eigenvalue weighted by Gasteiger charge is -2.22. The van der Waals surface area contributed by atoms with E-state index in [1.807, 2.05) is 12.3 Å². The molecule has 1 aromatic heterocycles. The third-order valence-corrected chi connectivity index (χ3v) is 3.55. The van der Waals surface area contributed by atoms with E-state index in [-0.39, 0.29) is 0 Å². The molecule has 0 spiro atoms. The summed E-state index contributed by atoms with van der Waals surface area (Å²) in [6.07, 6.45) is 10.2. The summed E-state index contributed by atoms with van der Waals surface area (Å²) >= 11 is 0. The maximum atomic E-state index is 6.10. The van der Waals surface area contributed by atoms with E-state index in [0.717, 1.165) is 55.6 Å². The van der Waals surface area contributed by atoms with Crippen LogP contribution in [0.4, 0.5) is 0 Å². The molecule has 0 atom stereocenters. The van der Waals surface area contributed by atoms with Gasteiger partial charge < -0.3 is 11.1 Å². The first-order chi connectivity index (χ1) is 9.20. The van der Waals surface area contributed by atoms with Gasteiger partial charge in [-0.3, -0.25) is 4.68 Å². The summed E-state index contributed by atoms with van der Waals surface area (Å²) in [4.78, 5) is 0. The molecule has 0 radical (unpaired) electrons. The summed E-state index contributed by atoms with van der Waals surface area (Å²) in [6.45, 7) is 8.29. The lowest BCUT2D eigenvalue weighted by molar-refractivity contribution is 0.343. The number of nitrogens with one attached hydrogen (secondary N) is 1. The monoisotopic (exact) mass is 260 g/mol. The summed E-state index contributed by atoms with van der Waals surface area (Å²) in [5, 5.41) is 7.82. The van der Waals surface area contributed by atoms with Gasteiger partial charge in [-0.15, -0.1) is 0 Å². The molecule has 19 heavy (non-hydrogen) atoms. The Bertz CT molecular complexity index is 452. The van der Waals surface area contributed by atoms with Crippen LogP contribution < -0.4 is 11.1 Å². The molecule has 1 fully saturated rings. The van der Waals surface area contributed by atoms with Gasteiger partial charge in [-0.2, -0.15) is 5.10 Å². The van der Waals surface area contributed by atoms with Crippen LogP contribution in [0, 0.1) is 0 Å². The number of nitrogens with two attached hydrogens (primary N) is 1. The van der Waals surface area contributed by atoms with E-state index < -0.39 is 0 Å². The van der Waals surface area contributed by atoms with Crippen molar-refractivity contribution >= 4 is 5.70 Å². The minimum atomic E-state index is 0.502. The van der Waals surface area contributed by atoms with Crippen LogP contribution in [0.2, 0.25) is 0 Å². The van der Waals surface area contributed by atoms with E-state index in [4.69, 9.17) is 5.73 Å². The van der Waals surface area contributed by atoms with E-state index in [2.05, 4.69) is 34.8 Å². The standard InChI is InChI=1S/C15H24N4/c1-3-4-12(2)9-15(16)13-10-18-19(11-13)14-5-7-17-8-6-14/h9-11,14,17H,2-8,16H2,1H3/b15-9-. The van der Waals surface area contributed by atoms with Gasteiger partial charge in [0.1, 0.15) is 0 Å². The molecule has 3 N–H and O–H groups in total. The van der Waals surface area contributed by atoms with Gasteiger partial charge >= 0.3 is 0 Å². The molecule has 0 saturated carbocycles. The number of rotatable bonds is 5. The van der Waals surface area contributed by atoms with Crippen molar-refractivity contribution in [1.82, 2.24) is 15.1 Å². The first-order valence-corrected chi connectivity index (χ1v) is 7.11. The molecule has 4 heteroatoms. The van der Waals surface area contributed by atoms with Crippen LogP contribution in [0.5, 0.6) is 0 Å². The summed E-state index contributed by atoms with van der Waals surface area (Å²) in [5.41, 5.74) is 8.94. The van der Waals surface area contributed by atoms with Crippen LogP contribution in [0.3, 0.4) is 0 Å². The van der Waals surface area contributed by atoms with Crippen LogP contribution in [0.15, 0.2) is 30.6 Å². The molecule has 1 aliphatic rings. The second kappa shape index (κ2) is 6.57. The second-order valence-corrected chi connectivity index (χ2v) is 5.20. The smallest absolute Gasteiger partial charge is 0.0583 e. The maximum absolute atomic E-state index is 6.10. The molecule has 0 unspecified atom stereocenters. The average molecular weight is 260 g/mol. The minimum absolute atomic E-state index is 0.502. The fraction of sp³-hybridized carbons (Fsp3) is 0.533. The maximum Gasteiger partial charge on any atom is 0.0583 e. The Kier molecular flexibility index (Phi) is 4.80. The summed E-state index contributed by atoms with van der Waals surface area (Å²) in [7, 11) is 0. The quantitative estimate of drug-likeness (QED) is 0.800. The van der Waals surface area contributed by atoms with Gasteiger partial charge in [0.15, 0.2) is 0 Å². The fourth-order valence-corrected chi connectivity index (χ4v) is 2.45. The molecule has 1 aliphatic heterocycles. The van der Waals surface area contributed by atoms with Crippen molar-refractivity contribution in [3.8, 4) is 0 Å². The zero-order chi connectivity index (χ0) is 13.7. The zero-order valence-corrected chi connectivity index (χ0v) is 11.7. The normalized spacial score (nSPS) is 17.6. The number of piperidine rings is 1. The summed E-state index contributed by atoms with van der Waals surface area (Å²) in [5.74, 6) is 0. The Morgan fingerprint density at radius 1 is 1.58 bits per heavy atom. The number of allylic oxidation sites excluding steroid dienone is 2. The van der Waals surface area contributed by atoms with Gasteiger partial charge in [-0.1, -0.05) is 25.5 Å². The zero-order valence-electron chi connectivity index (χ0n) is 11.7. The number of nitrogens with zero attached hydrogens (tertiary/aromatic N) is 2. The SMILES string of the molecule is C=C(/C=C(\N)c1cnn(C2CCNCC2)c1)CCC. The van der Waals surface area contributed by atoms with E-state index in [0.29, 0.717) is 6.04 Å². The second-order valence-electron chi connectivity index (χ2n) is 5.20. The Morgan fingerprint density at radius 3 is 3.00 bits per heavy atom. The molecule has 0 aromatic carbocycles. The predicted molar refractivity (Wildman–Crippen MR) is 79.6 cm³/mol. The number of aromatic nitrogens is 2. The Labute approximate surface area is 115 Å². The van der Waals surface area contributed by atoms with E-state index in [1.165, 1.54) is 0 Å². The van der Waals surface area contributed by atoms with Gasteiger partial charge in [-0.25, -0.2) is 0 Å². The third-order valence-electron chi connectivity index (χ3n) is 3.55. The van der Waals surface area contributed by atoms with Crippen LogP contribution in [-0.2, 0) is 0 Å². The first kappa shape index (κ1) is 13.9. The Hall–Kier alpha value is -1.55. The molecule has 1 saturated heterocycles. The van der Waals surface area contributed by atoms with Crippen molar-refractivity contribution in [3.63, 3.8) is 0 Å². The molecule has 0 bridgehead atoms. The highest BCUT2D eigenvalue weighted by Gasteiger charge is 2.15. The van der Waals surface area contributed by atoms with Gasteiger partial charge in [0, 0.05) is 17.5 Å². The largest absolute Gasteiger partial charge is 0.398 e. The minimum Gasteiger partial charge on any atom is -0.398 e. The van der Waals surface area contributed by atoms with Crippen molar-refractivity contribution in [2.24, 2.45) is 5.73 Å². The van der Waals surface area contributed by atoms with Crippen LogP contribution in [-0.4, -0.2) is 22.9 Å². The third kappa shape index (κ3) is 3.70. The van der Waals surface area contributed by atoms with Crippen molar-refractivity contribution in [1.29, 1.82) is 0 Å². The predicted octanol–water partition coefficient (Wildman–Crippen LogP) is 2.46. The van der Waals surface area contributed by atoms with E-state index in [9.17, 15) is 0 Å². The van der Waals surface area contributed by atoms with Crippen molar-refractivity contribution < 1.29 is 0 Å². The molecular formula is C15H24N4. The molecule has 2 rings (SSSR count).